The van der Waals surface area contributed by atoms with Crippen LogP contribution in [0.5, 0.6) is 0 Å². The van der Waals surface area contributed by atoms with E-state index in [1.165, 1.54) is 6.92 Å². The molecule has 8 heteroatoms. The van der Waals surface area contributed by atoms with Crippen LogP contribution in [0.4, 0.5) is 0 Å². The fraction of sp³-hybridized carbons (Fsp3) is 0.773. The van der Waals surface area contributed by atoms with Crippen LogP contribution in [-0.4, -0.2) is 75.5 Å². The number of carbonyl (C=O) groups is 3. The van der Waals surface area contributed by atoms with Gasteiger partial charge in [0.25, 0.3) is 0 Å². The number of nitrogens with one attached hydrogen (secondary N) is 1. The van der Waals surface area contributed by atoms with Crippen molar-refractivity contribution in [2.24, 2.45) is 11.3 Å². The van der Waals surface area contributed by atoms with Gasteiger partial charge in [-0.05, 0) is 39.2 Å². The molecule has 0 radical (unpaired) electrons. The monoisotopic (exact) mass is 441 g/mol. The molecule has 3 atom stereocenters. The van der Waals surface area contributed by atoms with E-state index in [9.17, 15) is 19.5 Å². The maximum absolute atomic E-state index is 13.5. The number of carboxylic acids is 1. The lowest BCUT2D eigenvalue weighted by Gasteiger charge is -2.39. The van der Waals surface area contributed by atoms with Gasteiger partial charge >= 0.3 is 5.97 Å². The summed E-state index contributed by atoms with van der Waals surface area (Å²) in [6.07, 6.45) is 1.61. The second kappa shape index (κ2) is 9.73. The Labute approximate surface area is 185 Å². The van der Waals surface area contributed by atoms with Crippen molar-refractivity contribution in [1.29, 1.82) is 0 Å². The van der Waals surface area contributed by atoms with Crippen molar-refractivity contribution >= 4 is 29.5 Å². The van der Waals surface area contributed by atoms with Gasteiger partial charge in [0.05, 0.1) is 6.04 Å². The van der Waals surface area contributed by atoms with Gasteiger partial charge < -0.3 is 15.3 Å². The molecule has 1 aliphatic rings. The first-order chi connectivity index (χ1) is 13.5. The van der Waals surface area contributed by atoms with Crippen LogP contribution in [0.2, 0.25) is 0 Å². The van der Waals surface area contributed by atoms with Gasteiger partial charge in [0.1, 0.15) is 12.1 Å². The summed E-state index contributed by atoms with van der Waals surface area (Å²) in [5.74, 6) is -0.622. The van der Waals surface area contributed by atoms with Crippen LogP contribution >= 0.6 is 11.8 Å². The number of aliphatic carboxylic acids is 1. The summed E-state index contributed by atoms with van der Waals surface area (Å²) in [6, 6.07) is -1.46. The van der Waals surface area contributed by atoms with Crippen molar-refractivity contribution in [2.45, 2.75) is 78.3 Å². The Morgan fingerprint density at radius 3 is 2.17 bits per heavy atom. The normalized spacial score (nSPS) is 22.0. The lowest BCUT2D eigenvalue weighted by molar-refractivity contribution is -0.141. The minimum atomic E-state index is -1.01. The van der Waals surface area contributed by atoms with Gasteiger partial charge in [0.2, 0.25) is 11.8 Å². The summed E-state index contributed by atoms with van der Waals surface area (Å²) in [7, 11) is 3.59. The van der Waals surface area contributed by atoms with Gasteiger partial charge in [0, 0.05) is 23.2 Å². The van der Waals surface area contributed by atoms with E-state index in [0.717, 1.165) is 5.88 Å². The van der Waals surface area contributed by atoms with Gasteiger partial charge in [-0.25, -0.2) is 4.79 Å². The molecule has 172 valence electrons. The lowest BCUT2D eigenvalue weighted by Crippen LogP contribution is -2.60. The van der Waals surface area contributed by atoms with E-state index in [1.807, 2.05) is 60.4 Å². The van der Waals surface area contributed by atoms with Crippen LogP contribution < -0.4 is 5.32 Å². The Morgan fingerprint density at radius 2 is 1.80 bits per heavy atom. The van der Waals surface area contributed by atoms with Crippen molar-refractivity contribution < 1.29 is 19.5 Å². The van der Waals surface area contributed by atoms with Crippen LogP contribution in [0.25, 0.3) is 0 Å². The average Bonchev–Trinajstić information content (AvgIpc) is 2.87. The second-order valence-electron chi connectivity index (χ2n) is 10.2. The van der Waals surface area contributed by atoms with Crippen molar-refractivity contribution in [3.63, 3.8) is 0 Å². The Kier molecular flexibility index (Phi) is 8.59. The zero-order chi connectivity index (χ0) is 23.6. The molecule has 0 aromatic heterocycles. The third-order valence-electron chi connectivity index (χ3n) is 5.62. The Hall–Kier alpha value is -1.54. The molecule has 0 aliphatic carbocycles. The van der Waals surface area contributed by atoms with Crippen LogP contribution in [0, 0.1) is 11.3 Å². The Bertz CT molecular complexity index is 697. The number of likely N-dealkylation sites (N-methyl/N-ethyl adjacent to an activating group) is 2. The van der Waals surface area contributed by atoms with E-state index in [1.54, 1.807) is 29.8 Å². The molecule has 1 unspecified atom stereocenters. The fourth-order valence-electron chi connectivity index (χ4n) is 3.77. The van der Waals surface area contributed by atoms with Crippen molar-refractivity contribution in [2.75, 3.05) is 20.0 Å². The molecule has 1 aliphatic heterocycles. The van der Waals surface area contributed by atoms with E-state index in [2.05, 4.69) is 5.32 Å². The minimum Gasteiger partial charge on any atom is -0.478 e. The zero-order valence-corrected chi connectivity index (χ0v) is 20.9. The van der Waals surface area contributed by atoms with Gasteiger partial charge in [-0.1, -0.05) is 40.7 Å². The predicted molar refractivity (Wildman–Crippen MR) is 122 cm³/mol. The minimum absolute atomic E-state index is 0.0147. The summed E-state index contributed by atoms with van der Waals surface area (Å²) in [6.45, 7) is 15.3. The first-order valence-corrected chi connectivity index (χ1v) is 11.3. The fourth-order valence-corrected chi connectivity index (χ4v) is 4.90. The first kappa shape index (κ1) is 26.5. The van der Waals surface area contributed by atoms with Crippen molar-refractivity contribution in [3.8, 4) is 0 Å². The summed E-state index contributed by atoms with van der Waals surface area (Å²) < 4.78 is -0.252. The standard InChI is InChI=1S/C22H39N3O4S/c1-13(2)15(11-14(3)20(28)29)25(10)19(27)16(21(4,5)6)23-18(26)17-22(7,8)30-12-24(17)9/h11,13,15-17H,12H2,1-10H3,(H,23,26)(H,28,29)/t15-,16-,17?/m1/s1. The molecule has 2 N–H and O–H groups in total. The number of rotatable bonds is 7. The molecule has 0 spiro atoms. The largest absolute Gasteiger partial charge is 0.478 e. The highest BCUT2D eigenvalue weighted by molar-refractivity contribution is 8.00. The number of nitrogens with zero attached hydrogens (tertiary/aromatic N) is 2. The molecular weight excluding hydrogens is 402 g/mol. The predicted octanol–water partition coefficient (Wildman–Crippen LogP) is 2.81. The molecular formula is C22H39N3O4S. The quantitative estimate of drug-likeness (QED) is 0.591. The van der Waals surface area contributed by atoms with Crippen molar-refractivity contribution in [3.05, 3.63) is 11.6 Å². The maximum Gasteiger partial charge on any atom is 0.331 e. The van der Waals surface area contributed by atoms with Crippen LogP contribution in [-0.2, 0) is 14.4 Å². The van der Waals surface area contributed by atoms with E-state index in [0.29, 0.717) is 0 Å². The molecule has 1 fully saturated rings. The molecule has 0 aromatic rings. The third kappa shape index (κ3) is 6.23. The SMILES string of the molecule is CC(=C[C@H](C(C)C)N(C)C(=O)[C@@H](NC(=O)C1N(C)CSC1(C)C)C(C)(C)C)C(=O)O. The van der Waals surface area contributed by atoms with Crippen molar-refractivity contribution in [1.82, 2.24) is 15.1 Å². The highest BCUT2D eigenvalue weighted by atomic mass is 32.2. The molecule has 0 aromatic carbocycles. The second-order valence-corrected chi connectivity index (χ2v) is 11.8. The van der Waals surface area contributed by atoms with E-state index >= 15 is 0 Å². The smallest absolute Gasteiger partial charge is 0.331 e. The number of amides is 2. The molecule has 7 nitrogen and oxygen atoms in total. The molecule has 0 saturated carbocycles. The highest BCUT2D eigenvalue weighted by Gasteiger charge is 2.46. The number of thioether (sulfide) groups is 1. The van der Waals surface area contributed by atoms with E-state index in [4.69, 9.17) is 0 Å². The number of carbonyl (C=O) groups excluding carboxylic acids is 2. The molecule has 0 bridgehead atoms. The van der Waals surface area contributed by atoms with Crippen LogP contribution in [0.3, 0.4) is 0 Å². The van der Waals surface area contributed by atoms with E-state index in [-0.39, 0.29) is 34.1 Å². The number of hydrogen-bond donors (Lipinski definition) is 2. The highest BCUT2D eigenvalue weighted by Crippen LogP contribution is 2.38. The zero-order valence-electron chi connectivity index (χ0n) is 20.1. The van der Waals surface area contributed by atoms with E-state index < -0.39 is 23.5 Å². The molecule has 30 heavy (non-hydrogen) atoms. The number of carboxylic acid groups (broad SMARTS) is 1. The van der Waals surface area contributed by atoms with Crippen LogP contribution in [0.15, 0.2) is 11.6 Å². The third-order valence-corrected chi connectivity index (χ3v) is 7.13. The summed E-state index contributed by atoms with van der Waals surface area (Å²) in [5.41, 5.74) is -0.321. The van der Waals surface area contributed by atoms with Gasteiger partial charge in [-0.2, -0.15) is 0 Å². The number of hydrogen-bond acceptors (Lipinski definition) is 5. The van der Waals surface area contributed by atoms with Gasteiger partial charge in [0.15, 0.2) is 0 Å². The molecule has 1 heterocycles. The molecule has 1 rings (SSSR count). The van der Waals surface area contributed by atoms with Crippen LogP contribution in [0.1, 0.15) is 55.4 Å². The first-order valence-electron chi connectivity index (χ1n) is 10.3. The van der Waals surface area contributed by atoms with Gasteiger partial charge in [-0.15, -0.1) is 11.8 Å². The maximum atomic E-state index is 13.5. The summed E-state index contributed by atoms with van der Waals surface area (Å²) in [5, 5.41) is 12.3. The Morgan fingerprint density at radius 1 is 1.27 bits per heavy atom. The summed E-state index contributed by atoms with van der Waals surface area (Å²) in [4.78, 5) is 41.6. The Balaban J connectivity index is 3.19. The summed E-state index contributed by atoms with van der Waals surface area (Å²) >= 11 is 1.72. The molecule has 1 saturated heterocycles. The topological polar surface area (TPSA) is 90.0 Å². The lowest BCUT2D eigenvalue weighted by atomic mass is 9.84. The average molecular weight is 442 g/mol. The van der Waals surface area contributed by atoms with Gasteiger partial charge in [-0.3, -0.25) is 14.5 Å². The molecule has 2 amide bonds.